The van der Waals surface area contributed by atoms with Crippen molar-refractivity contribution in [2.75, 3.05) is 0 Å². The predicted molar refractivity (Wildman–Crippen MR) is 74.0 cm³/mol. The highest BCUT2D eigenvalue weighted by Crippen LogP contribution is 2.15. The molecule has 2 aromatic rings. The van der Waals surface area contributed by atoms with Crippen molar-refractivity contribution in [2.45, 2.75) is 6.42 Å². The Hall–Kier alpha value is -2.47. The third kappa shape index (κ3) is 3.52. The number of allylic oxidation sites excluding steroid dienone is 1. The summed E-state index contributed by atoms with van der Waals surface area (Å²) in [5, 5.41) is 19.4. The molecule has 2 rings (SSSR count). The minimum atomic E-state index is -1.54. The van der Waals surface area contributed by atoms with Gasteiger partial charge in [-0.05, 0) is 5.56 Å². The zero-order valence-corrected chi connectivity index (χ0v) is 11.1. The number of aliphatic carboxylic acids is 1. The number of carboxylic acids is 1. The lowest BCUT2D eigenvalue weighted by Crippen LogP contribution is -2.04. The van der Waals surface area contributed by atoms with E-state index in [0.717, 1.165) is 22.6 Å². The van der Waals surface area contributed by atoms with Crippen molar-refractivity contribution in [1.29, 1.82) is 0 Å². The van der Waals surface area contributed by atoms with Crippen molar-refractivity contribution in [2.24, 2.45) is 0 Å². The van der Waals surface area contributed by atoms with Crippen LogP contribution >= 0.6 is 11.3 Å². The van der Waals surface area contributed by atoms with E-state index in [9.17, 15) is 9.59 Å². The first kappa shape index (κ1) is 14.0. The largest absolute Gasteiger partial charge is 0.502 e. The Morgan fingerprint density at radius 3 is 2.55 bits per heavy atom. The number of benzene rings is 1. The maximum absolute atomic E-state index is 11.7. The van der Waals surface area contributed by atoms with Crippen LogP contribution in [0.4, 0.5) is 0 Å². The summed E-state index contributed by atoms with van der Waals surface area (Å²) in [4.78, 5) is 26.2. The number of aliphatic hydroxyl groups is 1. The molecule has 0 aliphatic rings. The molecule has 0 spiro atoms. The van der Waals surface area contributed by atoms with Gasteiger partial charge in [0.2, 0.25) is 11.5 Å². The zero-order valence-electron chi connectivity index (χ0n) is 10.3. The van der Waals surface area contributed by atoms with Gasteiger partial charge in [-0.15, -0.1) is 11.3 Å². The molecule has 1 aromatic carbocycles. The number of rotatable bonds is 5. The summed E-state index contributed by atoms with van der Waals surface area (Å²) in [6, 6.07) is 9.66. The molecular formula is C14H11NO4S. The number of thiazole rings is 1. The minimum absolute atomic E-state index is 0.156. The summed E-state index contributed by atoms with van der Waals surface area (Å²) >= 11 is 1.12. The molecule has 0 atom stereocenters. The van der Waals surface area contributed by atoms with Crippen molar-refractivity contribution >= 4 is 23.1 Å². The van der Waals surface area contributed by atoms with Gasteiger partial charge < -0.3 is 10.2 Å². The highest BCUT2D eigenvalue weighted by atomic mass is 32.1. The molecular weight excluding hydrogens is 278 g/mol. The Morgan fingerprint density at radius 2 is 1.90 bits per heavy atom. The normalized spacial score (nSPS) is 11.3. The van der Waals surface area contributed by atoms with E-state index < -0.39 is 17.5 Å². The summed E-state index contributed by atoms with van der Waals surface area (Å²) in [5.41, 5.74) is 1.80. The standard InChI is InChI=1S/C14H11NO4S/c16-11(7-12(17)14(18)19)13-15-10(8-20-13)6-9-4-2-1-3-5-9/h1-5,7-8,17H,6H2,(H,18,19). The number of carbonyl (C=O) groups excluding carboxylic acids is 1. The number of aromatic nitrogens is 1. The van der Waals surface area contributed by atoms with Crippen LogP contribution in [0.25, 0.3) is 0 Å². The monoisotopic (exact) mass is 289 g/mol. The van der Waals surface area contributed by atoms with E-state index in [-0.39, 0.29) is 5.01 Å². The first-order valence-electron chi connectivity index (χ1n) is 5.73. The van der Waals surface area contributed by atoms with E-state index in [0.29, 0.717) is 12.5 Å². The fourth-order valence-corrected chi connectivity index (χ4v) is 2.28. The van der Waals surface area contributed by atoms with E-state index in [2.05, 4.69) is 4.98 Å². The molecule has 0 saturated heterocycles. The van der Waals surface area contributed by atoms with Gasteiger partial charge in [-0.2, -0.15) is 0 Å². The van der Waals surface area contributed by atoms with Crippen LogP contribution in [0.15, 0.2) is 47.5 Å². The van der Waals surface area contributed by atoms with Crippen LogP contribution in [0, 0.1) is 0 Å². The quantitative estimate of drug-likeness (QED) is 0.501. The smallest absolute Gasteiger partial charge is 0.371 e. The van der Waals surface area contributed by atoms with Gasteiger partial charge in [-0.25, -0.2) is 9.78 Å². The first-order chi connectivity index (χ1) is 9.56. The second-order valence-corrected chi connectivity index (χ2v) is 4.86. The third-order valence-electron chi connectivity index (χ3n) is 2.48. The molecule has 2 N–H and O–H groups in total. The van der Waals surface area contributed by atoms with Gasteiger partial charge in [0.1, 0.15) is 0 Å². The van der Waals surface area contributed by atoms with E-state index in [1.54, 1.807) is 5.38 Å². The second kappa shape index (κ2) is 6.12. The van der Waals surface area contributed by atoms with Crippen molar-refractivity contribution in [3.8, 4) is 0 Å². The number of ketones is 1. The molecule has 0 unspecified atom stereocenters. The van der Waals surface area contributed by atoms with Gasteiger partial charge in [0.05, 0.1) is 5.69 Å². The summed E-state index contributed by atoms with van der Waals surface area (Å²) in [5.74, 6) is -3.15. The summed E-state index contributed by atoms with van der Waals surface area (Å²) in [6.07, 6.45) is 1.26. The number of hydrogen-bond donors (Lipinski definition) is 2. The van der Waals surface area contributed by atoms with Crippen molar-refractivity contribution < 1.29 is 19.8 Å². The average Bonchev–Trinajstić information content (AvgIpc) is 2.88. The molecule has 5 nitrogen and oxygen atoms in total. The van der Waals surface area contributed by atoms with E-state index in [1.807, 2.05) is 30.3 Å². The number of hydrogen-bond acceptors (Lipinski definition) is 5. The molecule has 0 fully saturated rings. The van der Waals surface area contributed by atoms with Crippen LogP contribution in [0.2, 0.25) is 0 Å². The molecule has 0 aliphatic carbocycles. The zero-order chi connectivity index (χ0) is 14.5. The second-order valence-electron chi connectivity index (χ2n) is 4.01. The summed E-state index contributed by atoms with van der Waals surface area (Å²) < 4.78 is 0. The van der Waals surface area contributed by atoms with Crippen molar-refractivity contribution in [1.82, 2.24) is 4.98 Å². The molecule has 6 heteroatoms. The van der Waals surface area contributed by atoms with E-state index in [1.165, 1.54) is 0 Å². The van der Waals surface area contributed by atoms with Crippen LogP contribution in [0.3, 0.4) is 0 Å². The molecule has 0 saturated carbocycles. The maximum Gasteiger partial charge on any atom is 0.371 e. The fourth-order valence-electron chi connectivity index (χ4n) is 1.55. The summed E-state index contributed by atoms with van der Waals surface area (Å²) in [6.45, 7) is 0. The van der Waals surface area contributed by atoms with Crippen LogP contribution in [-0.2, 0) is 11.2 Å². The minimum Gasteiger partial charge on any atom is -0.502 e. The molecule has 0 bridgehead atoms. The third-order valence-corrected chi connectivity index (χ3v) is 3.38. The van der Waals surface area contributed by atoms with Crippen LogP contribution in [-0.4, -0.2) is 26.9 Å². The Balaban J connectivity index is 2.11. The van der Waals surface area contributed by atoms with Gasteiger partial charge in [0.15, 0.2) is 5.01 Å². The Morgan fingerprint density at radius 1 is 1.20 bits per heavy atom. The average molecular weight is 289 g/mol. The molecule has 1 heterocycles. The van der Waals surface area contributed by atoms with E-state index >= 15 is 0 Å². The molecule has 0 amide bonds. The van der Waals surface area contributed by atoms with Gasteiger partial charge in [0.25, 0.3) is 0 Å². The molecule has 0 radical (unpaired) electrons. The lowest BCUT2D eigenvalue weighted by molar-refractivity contribution is -0.135. The van der Waals surface area contributed by atoms with E-state index in [4.69, 9.17) is 10.2 Å². The van der Waals surface area contributed by atoms with Gasteiger partial charge in [-0.1, -0.05) is 30.3 Å². The number of carbonyl (C=O) groups is 2. The first-order valence-corrected chi connectivity index (χ1v) is 6.61. The molecule has 1 aromatic heterocycles. The van der Waals surface area contributed by atoms with Crippen LogP contribution in [0.1, 0.15) is 21.1 Å². The van der Waals surface area contributed by atoms with Crippen LogP contribution in [0.5, 0.6) is 0 Å². The lowest BCUT2D eigenvalue weighted by Gasteiger charge is -1.96. The fraction of sp³-hybridized carbons (Fsp3) is 0.0714. The summed E-state index contributed by atoms with van der Waals surface area (Å²) in [7, 11) is 0. The van der Waals surface area contributed by atoms with Crippen molar-refractivity contribution in [3.05, 3.63) is 63.8 Å². The van der Waals surface area contributed by atoms with Crippen molar-refractivity contribution in [3.63, 3.8) is 0 Å². The highest BCUT2D eigenvalue weighted by Gasteiger charge is 2.13. The highest BCUT2D eigenvalue weighted by molar-refractivity contribution is 7.11. The van der Waals surface area contributed by atoms with Crippen LogP contribution < -0.4 is 0 Å². The topological polar surface area (TPSA) is 87.5 Å². The SMILES string of the molecule is O=C(O)C(O)=CC(=O)c1nc(Cc2ccccc2)cs1. The Bertz CT molecular complexity index is 661. The number of aliphatic hydroxyl groups excluding tert-OH is 1. The Labute approximate surface area is 118 Å². The molecule has 102 valence electrons. The lowest BCUT2D eigenvalue weighted by atomic mass is 10.1. The van der Waals surface area contributed by atoms with Gasteiger partial charge in [-0.3, -0.25) is 4.79 Å². The maximum atomic E-state index is 11.7. The Kier molecular flexibility index (Phi) is 4.27. The van der Waals surface area contributed by atoms with Gasteiger partial charge >= 0.3 is 5.97 Å². The molecule has 20 heavy (non-hydrogen) atoms. The van der Waals surface area contributed by atoms with Gasteiger partial charge in [0, 0.05) is 17.9 Å². The molecule has 0 aliphatic heterocycles. The predicted octanol–water partition coefficient (Wildman–Crippen LogP) is 2.44. The number of carboxylic acid groups (broad SMARTS) is 1. The number of nitrogens with zero attached hydrogens (tertiary/aromatic N) is 1.